The molecule has 0 saturated heterocycles. The summed E-state index contributed by atoms with van der Waals surface area (Å²) in [6.07, 6.45) is 4.83. The maximum atomic E-state index is 14.7. The third-order valence-electron chi connectivity index (χ3n) is 7.67. The molecule has 0 radical (unpaired) electrons. The molecule has 1 atom stereocenters. The summed E-state index contributed by atoms with van der Waals surface area (Å²) in [6, 6.07) is 17.7. The molecule has 1 amide bonds. The fraction of sp³-hybridized carbons (Fsp3) is 0.0938. The molecular weight excluding hydrogens is 572 g/mol. The summed E-state index contributed by atoms with van der Waals surface area (Å²) < 4.78 is 50.7. The second-order valence-electron chi connectivity index (χ2n) is 10.1. The maximum absolute atomic E-state index is 14.7. The zero-order chi connectivity index (χ0) is 30.0. The van der Waals surface area contributed by atoms with Crippen molar-refractivity contribution >= 4 is 60.9 Å². The quantitative estimate of drug-likeness (QED) is 0.246. The van der Waals surface area contributed by atoms with Crippen molar-refractivity contribution < 1.29 is 22.2 Å². The van der Waals surface area contributed by atoms with Gasteiger partial charge in [0.2, 0.25) is 0 Å². The maximum Gasteiger partial charge on any atom is 0.255 e. The number of fused-ring (bicyclic) bond motifs is 6. The molecule has 3 aromatic carbocycles. The highest BCUT2D eigenvalue weighted by Gasteiger charge is 2.25. The molecule has 8 nitrogen and oxygen atoms in total. The van der Waals surface area contributed by atoms with Gasteiger partial charge in [-0.05, 0) is 54.6 Å². The standard InChI is InChI=1S/C32H23F2N5O3S/c1-35-32(40)30-22-11-20(27(38(2)43(3)41)14-29(22)42-31(30)17-7-9-18(33)10-8-17)24-12-21-25(15-36-24)37-16-39-26-6-4-5-23(34)19(26)13-28(21)39/h4-16H,1-3H3,(H,35,40). The minimum atomic E-state index is -1.41. The van der Waals surface area contributed by atoms with Crippen LogP contribution in [0.2, 0.25) is 0 Å². The molecule has 1 unspecified atom stereocenters. The van der Waals surface area contributed by atoms with E-state index < -0.39 is 16.8 Å². The zero-order valence-corrected chi connectivity index (χ0v) is 24.0. The number of carbonyl (C=O) groups is 1. The Bertz CT molecular complexity index is 2280. The molecule has 214 valence electrons. The summed E-state index contributed by atoms with van der Waals surface area (Å²) in [5.41, 5.74) is 4.89. The number of hydrogen-bond donors (Lipinski definition) is 1. The largest absolute Gasteiger partial charge is 0.455 e. The monoisotopic (exact) mass is 595 g/mol. The van der Waals surface area contributed by atoms with Crippen molar-refractivity contribution in [2.75, 3.05) is 24.7 Å². The SMILES string of the molecule is CNC(=O)c1c(-c2ccc(F)cc2)oc2cc(N(C)S(C)=O)c(-c3cc4c(cn3)ncn3c5cccc(F)c5cc43)cc12. The van der Waals surface area contributed by atoms with Gasteiger partial charge in [0.15, 0.2) is 0 Å². The fourth-order valence-corrected chi connectivity index (χ4v) is 5.89. The number of amides is 1. The average molecular weight is 596 g/mol. The molecule has 0 fully saturated rings. The Morgan fingerprint density at radius 1 is 0.977 bits per heavy atom. The van der Waals surface area contributed by atoms with E-state index in [1.165, 1.54) is 25.2 Å². The van der Waals surface area contributed by atoms with Crippen LogP contribution < -0.4 is 9.62 Å². The van der Waals surface area contributed by atoms with Gasteiger partial charge in [-0.3, -0.25) is 18.5 Å². The van der Waals surface area contributed by atoms with Crippen LogP contribution in [-0.4, -0.2) is 44.8 Å². The van der Waals surface area contributed by atoms with Crippen molar-refractivity contribution in [3.63, 3.8) is 0 Å². The summed E-state index contributed by atoms with van der Waals surface area (Å²) in [6.45, 7) is 0. The van der Waals surface area contributed by atoms with Crippen molar-refractivity contribution in [1.82, 2.24) is 19.7 Å². The highest BCUT2D eigenvalue weighted by atomic mass is 32.2. The lowest BCUT2D eigenvalue weighted by molar-refractivity contribution is 0.0964. The van der Waals surface area contributed by atoms with Crippen LogP contribution in [0.25, 0.3) is 60.9 Å². The molecule has 11 heteroatoms. The van der Waals surface area contributed by atoms with Crippen LogP contribution in [0, 0.1) is 11.6 Å². The molecule has 7 aromatic rings. The first-order valence-electron chi connectivity index (χ1n) is 13.3. The van der Waals surface area contributed by atoms with Crippen LogP contribution >= 0.6 is 0 Å². The van der Waals surface area contributed by atoms with Crippen molar-refractivity contribution in [2.45, 2.75) is 0 Å². The Kier molecular flexibility index (Phi) is 6.21. The van der Waals surface area contributed by atoms with E-state index in [4.69, 9.17) is 4.42 Å². The van der Waals surface area contributed by atoms with Gasteiger partial charge in [0.05, 0.1) is 39.7 Å². The molecule has 4 aromatic heterocycles. The molecule has 0 saturated carbocycles. The predicted molar refractivity (Wildman–Crippen MR) is 164 cm³/mol. The van der Waals surface area contributed by atoms with Gasteiger partial charge in [-0.2, -0.15) is 0 Å². The van der Waals surface area contributed by atoms with Crippen molar-refractivity contribution in [3.05, 3.63) is 96.5 Å². The van der Waals surface area contributed by atoms with E-state index in [0.29, 0.717) is 49.9 Å². The van der Waals surface area contributed by atoms with E-state index in [1.807, 2.05) is 16.5 Å². The lowest BCUT2D eigenvalue weighted by Crippen LogP contribution is -2.20. The number of pyridine rings is 1. The molecule has 4 heterocycles. The first kappa shape index (κ1) is 26.7. The average Bonchev–Trinajstić information content (AvgIpc) is 3.59. The number of nitrogens with zero attached hydrogens (tertiary/aromatic N) is 4. The number of furan rings is 1. The summed E-state index contributed by atoms with van der Waals surface area (Å²) in [5.74, 6) is -0.856. The number of halogens is 2. The number of rotatable bonds is 5. The second-order valence-corrected chi connectivity index (χ2v) is 11.5. The van der Waals surface area contributed by atoms with Gasteiger partial charge in [0, 0.05) is 53.7 Å². The number of benzene rings is 3. The van der Waals surface area contributed by atoms with Crippen molar-refractivity contribution in [2.24, 2.45) is 0 Å². The van der Waals surface area contributed by atoms with Gasteiger partial charge < -0.3 is 9.73 Å². The molecule has 0 aliphatic carbocycles. The highest BCUT2D eigenvalue weighted by molar-refractivity contribution is 7.85. The molecule has 43 heavy (non-hydrogen) atoms. The molecule has 7 rings (SSSR count). The molecule has 1 N–H and O–H groups in total. The van der Waals surface area contributed by atoms with E-state index in [0.717, 1.165) is 10.9 Å². The van der Waals surface area contributed by atoms with Gasteiger partial charge in [0.1, 0.15) is 40.3 Å². The van der Waals surface area contributed by atoms with Crippen LogP contribution in [0.15, 0.2) is 83.7 Å². The number of aromatic nitrogens is 3. The lowest BCUT2D eigenvalue weighted by Gasteiger charge is -2.19. The van der Waals surface area contributed by atoms with E-state index in [2.05, 4.69) is 15.3 Å². The summed E-state index contributed by atoms with van der Waals surface area (Å²) >= 11 is 0. The van der Waals surface area contributed by atoms with Crippen LogP contribution in [0.4, 0.5) is 14.5 Å². The summed E-state index contributed by atoms with van der Waals surface area (Å²) in [7, 11) is 1.79. The normalized spacial score (nSPS) is 12.4. The zero-order valence-electron chi connectivity index (χ0n) is 23.2. The number of hydrogen-bond acceptors (Lipinski definition) is 5. The highest BCUT2D eigenvalue weighted by Crippen LogP contribution is 2.41. The smallest absolute Gasteiger partial charge is 0.255 e. The Morgan fingerprint density at radius 2 is 1.77 bits per heavy atom. The molecular formula is C32H23F2N5O3S. The first-order valence-corrected chi connectivity index (χ1v) is 14.8. The fourth-order valence-electron chi connectivity index (χ4n) is 5.46. The Morgan fingerprint density at radius 3 is 2.51 bits per heavy atom. The number of nitrogens with one attached hydrogen (secondary N) is 1. The lowest BCUT2D eigenvalue weighted by atomic mass is 10.00. The van der Waals surface area contributed by atoms with Gasteiger partial charge in [-0.15, -0.1) is 0 Å². The molecule has 0 bridgehead atoms. The predicted octanol–water partition coefficient (Wildman–Crippen LogP) is 6.48. The van der Waals surface area contributed by atoms with Crippen LogP contribution in [0.3, 0.4) is 0 Å². The number of anilines is 1. The third kappa shape index (κ3) is 4.23. The van der Waals surface area contributed by atoms with E-state index in [-0.39, 0.29) is 23.0 Å². The van der Waals surface area contributed by atoms with E-state index in [1.54, 1.807) is 66.5 Å². The van der Waals surface area contributed by atoms with E-state index in [9.17, 15) is 17.8 Å². The van der Waals surface area contributed by atoms with Crippen LogP contribution in [0.5, 0.6) is 0 Å². The summed E-state index contributed by atoms with van der Waals surface area (Å²) in [5, 5.41) is 4.38. The van der Waals surface area contributed by atoms with E-state index >= 15 is 0 Å². The van der Waals surface area contributed by atoms with Crippen LogP contribution in [0.1, 0.15) is 10.4 Å². The molecule has 0 aliphatic rings. The van der Waals surface area contributed by atoms with Gasteiger partial charge >= 0.3 is 0 Å². The summed E-state index contributed by atoms with van der Waals surface area (Å²) in [4.78, 5) is 22.4. The van der Waals surface area contributed by atoms with Gasteiger partial charge in [-0.1, -0.05) is 6.07 Å². The minimum Gasteiger partial charge on any atom is -0.455 e. The van der Waals surface area contributed by atoms with Crippen LogP contribution in [-0.2, 0) is 11.0 Å². The van der Waals surface area contributed by atoms with Gasteiger partial charge in [0.25, 0.3) is 5.91 Å². The number of carbonyl (C=O) groups excluding carboxylic acids is 1. The second kappa shape index (κ2) is 9.99. The first-order chi connectivity index (χ1) is 20.7. The Hall–Kier alpha value is -5.16. The molecule has 0 aliphatic heterocycles. The van der Waals surface area contributed by atoms with Gasteiger partial charge in [-0.25, -0.2) is 18.0 Å². The van der Waals surface area contributed by atoms with Crippen molar-refractivity contribution in [3.8, 4) is 22.6 Å². The Balaban J connectivity index is 1.53. The minimum absolute atomic E-state index is 0.273. The van der Waals surface area contributed by atoms with Crippen molar-refractivity contribution in [1.29, 1.82) is 0 Å². The molecule has 0 spiro atoms. The third-order valence-corrected chi connectivity index (χ3v) is 8.64. The topological polar surface area (TPSA) is 92.7 Å². The Labute approximate surface area is 246 Å².